The van der Waals surface area contributed by atoms with Crippen LogP contribution in [0.3, 0.4) is 0 Å². The average molecular weight is 288 g/mol. The van der Waals surface area contributed by atoms with Crippen LogP contribution in [-0.4, -0.2) is 26.3 Å². The molecule has 1 aliphatic rings. The van der Waals surface area contributed by atoms with E-state index in [1.165, 1.54) is 6.42 Å². The molecular formula is C14H19Cl2NO. The van der Waals surface area contributed by atoms with Crippen molar-refractivity contribution in [3.8, 4) is 0 Å². The first kappa shape index (κ1) is 14.1. The molecule has 18 heavy (non-hydrogen) atoms. The van der Waals surface area contributed by atoms with Crippen LogP contribution in [0.1, 0.15) is 18.4 Å². The highest BCUT2D eigenvalue weighted by atomic mass is 35.5. The maximum atomic E-state index is 6.24. The number of likely N-dealkylation sites (N-methyl/N-ethyl adjacent to an activating group) is 1. The Bertz CT molecular complexity index is 391. The van der Waals surface area contributed by atoms with Gasteiger partial charge in [0.15, 0.2) is 0 Å². The second kappa shape index (κ2) is 6.76. The highest BCUT2D eigenvalue weighted by Crippen LogP contribution is 2.28. The molecule has 1 heterocycles. The van der Waals surface area contributed by atoms with Crippen LogP contribution in [0.4, 0.5) is 0 Å². The van der Waals surface area contributed by atoms with E-state index < -0.39 is 0 Å². The van der Waals surface area contributed by atoms with Gasteiger partial charge in [-0.1, -0.05) is 35.3 Å². The van der Waals surface area contributed by atoms with Crippen molar-refractivity contribution in [2.24, 2.45) is 5.92 Å². The van der Waals surface area contributed by atoms with Crippen LogP contribution in [0.2, 0.25) is 10.0 Å². The molecule has 0 spiro atoms. The zero-order valence-electron chi connectivity index (χ0n) is 10.6. The lowest BCUT2D eigenvalue weighted by molar-refractivity contribution is 0.0405. The Morgan fingerprint density at radius 3 is 2.94 bits per heavy atom. The van der Waals surface area contributed by atoms with Gasteiger partial charge in [-0.2, -0.15) is 0 Å². The molecule has 1 aromatic carbocycles. The monoisotopic (exact) mass is 287 g/mol. The van der Waals surface area contributed by atoms with Gasteiger partial charge in [-0.25, -0.2) is 0 Å². The van der Waals surface area contributed by atoms with Crippen molar-refractivity contribution in [3.63, 3.8) is 0 Å². The lowest BCUT2D eigenvalue weighted by Crippen LogP contribution is -2.39. The van der Waals surface area contributed by atoms with E-state index in [1.807, 2.05) is 25.2 Å². The second-order valence-corrected chi connectivity index (χ2v) is 5.57. The first-order valence-electron chi connectivity index (χ1n) is 6.40. The second-order valence-electron chi connectivity index (χ2n) is 4.79. The summed E-state index contributed by atoms with van der Waals surface area (Å²) in [6.07, 6.45) is 3.25. The minimum Gasteiger partial charge on any atom is -0.381 e. The Labute approximate surface area is 119 Å². The smallest absolute Gasteiger partial charge is 0.0624 e. The number of ether oxygens (including phenoxy) is 1. The van der Waals surface area contributed by atoms with E-state index in [4.69, 9.17) is 27.9 Å². The quantitative estimate of drug-likeness (QED) is 0.914. The highest BCUT2D eigenvalue weighted by Gasteiger charge is 2.24. The standard InChI is InChI=1S/C14H19Cl2NO/c1-17-13(11-5-3-7-18-9-11)8-10-4-2-6-12(15)14(10)16/h2,4,6,11,13,17H,3,5,7-9H2,1H3. The van der Waals surface area contributed by atoms with Crippen LogP contribution in [0, 0.1) is 5.92 Å². The summed E-state index contributed by atoms with van der Waals surface area (Å²) in [4.78, 5) is 0. The first-order valence-corrected chi connectivity index (χ1v) is 7.16. The van der Waals surface area contributed by atoms with Crippen LogP contribution < -0.4 is 5.32 Å². The fourth-order valence-electron chi connectivity index (χ4n) is 2.53. The summed E-state index contributed by atoms with van der Waals surface area (Å²) in [5.41, 5.74) is 1.11. The molecule has 2 atom stereocenters. The molecular weight excluding hydrogens is 269 g/mol. The van der Waals surface area contributed by atoms with Crippen molar-refractivity contribution in [1.82, 2.24) is 5.32 Å². The summed E-state index contributed by atoms with van der Waals surface area (Å²) >= 11 is 12.3. The predicted molar refractivity (Wildman–Crippen MR) is 76.6 cm³/mol. The topological polar surface area (TPSA) is 21.3 Å². The largest absolute Gasteiger partial charge is 0.381 e. The molecule has 0 aliphatic carbocycles. The Hall–Kier alpha value is -0.280. The molecule has 1 aliphatic heterocycles. The van der Waals surface area contributed by atoms with Gasteiger partial charge in [-0.05, 0) is 43.9 Å². The Morgan fingerprint density at radius 1 is 1.44 bits per heavy atom. The molecule has 2 nitrogen and oxygen atoms in total. The van der Waals surface area contributed by atoms with Crippen LogP contribution in [-0.2, 0) is 11.2 Å². The molecule has 1 fully saturated rings. The number of rotatable bonds is 4. The fraction of sp³-hybridized carbons (Fsp3) is 0.571. The van der Waals surface area contributed by atoms with Crippen molar-refractivity contribution in [2.75, 3.05) is 20.3 Å². The molecule has 1 N–H and O–H groups in total. The molecule has 100 valence electrons. The predicted octanol–water partition coefficient (Wildman–Crippen LogP) is 3.55. The fourth-order valence-corrected chi connectivity index (χ4v) is 2.93. The van der Waals surface area contributed by atoms with Gasteiger partial charge in [0.1, 0.15) is 0 Å². The zero-order chi connectivity index (χ0) is 13.0. The molecule has 0 saturated carbocycles. The van der Waals surface area contributed by atoms with Gasteiger partial charge in [0, 0.05) is 12.6 Å². The minimum absolute atomic E-state index is 0.390. The number of hydrogen-bond donors (Lipinski definition) is 1. The van der Waals surface area contributed by atoms with E-state index in [-0.39, 0.29) is 0 Å². The van der Waals surface area contributed by atoms with E-state index in [9.17, 15) is 0 Å². The van der Waals surface area contributed by atoms with Crippen molar-refractivity contribution in [1.29, 1.82) is 0 Å². The van der Waals surface area contributed by atoms with Gasteiger partial charge >= 0.3 is 0 Å². The highest BCUT2D eigenvalue weighted by molar-refractivity contribution is 6.42. The normalized spacial score (nSPS) is 21.8. The van der Waals surface area contributed by atoms with Gasteiger partial charge < -0.3 is 10.1 Å². The van der Waals surface area contributed by atoms with Crippen LogP contribution in [0.15, 0.2) is 18.2 Å². The summed E-state index contributed by atoms with van der Waals surface area (Å²) in [5.74, 6) is 0.554. The van der Waals surface area contributed by atoms with E-state index in [1.54, 1.807) is 0 Å². The zero-order valence-corrected chi connectivity index (χ0v) is 12.1. The molecule has 1 saturated heterocycles. The van der Waals surface area contributed by atoms with Gasteiger partial charge in [-0.3, -0.25) is 0 Å². The summed E-state index contributed by atoms with van der Waals surface area (Å²) in [6.45, 7) is 1.73. The maximum Gasteiger partial charge on any atom is 0.0624 e. The number of halogens is 2. The molecule has 0 aromatic heterocycles. The Morgan fingerprint density at radius 2 is 2.28 bits per heavy atom. The lowest BCUT2D eigenvalue weighted by atomic mass is 9.89. The van der Waals surface area contributed by atoms with Crippen molar-refractivity contribution in [2.45, 2.75) is 25.3 Å². The van der Waals surface area contributed by atoms with Crippen molar-refractivity contribution >= 4 is 23.2 Å². The van der Waals surface area contributed by atoms with Crippen LogP contribution in [0.25, 0.3) is 0 Å². The number of hydrogen-bond acceptors (Lipinski definition) is 2. The van der Waals surface area contributed by atoms with Crippen LogP contribution in [0.5, 0.6) is 0 Å². The van der Waals surface area contributed by atoms with Gasteiger partial charge in [0.2, 0.25) is 0 Å². The average Bonchev–Trinajstić information content (AvgIpc) is 2.41. The number of nitrogens with one attached hydrogen (secondary N) is 1. The number of benzene rings is 1. The van der Waals surface area contributed by atoms with E-state index >= 15 is 0 Å². The lowest BCUT2D eigenvalue weighted by Gasteiger charge is -2.30. The molecule has 0 amide bonds. The summed E-state index contributed by atoms with van der Waals surface area (Å²) in [5, 5.41) is 4.69. The van der Waals surface area contributed by atoms with Crippen molar-refractivity contribution < 1.29 is 4.74 Å². The third kappa shape index (κ3) is 3.39. The Kier molecular flexibility index (Phi) is 5.31. The van der Waals surface area contributed by atoms with Crippen molar-refractivity contribution in [3.05, 3.63) is 33.8 Å². The molecule has 2 rings (SSSR count). The van der Waals surface area contributed by atoms with Gasteiger partial charge in [0.05, 0.1) is 16.7 Å². The van der Waals surface area contributed by atoms with Crippen LogP contribution >= 0.6 is 23.2 Å². The van der Waals surface area contributed by atoms with E-state index in [2.05, 4.69) is 5.32 Å². The molecule has 0 radical (unpaired) electrons. The van der Waals surface area contributed by atoms with E-state index in [0.29, 0.717) is 22.0 Å². The summed E-state index contributed by atoms with van der Waals surface area (Å²) in [7, 11) is 2.00. The summed E-state index contributed by atoms with van der Waals surface area (Å²) in [6, 6.07) is 6.21. The third-order valence-electron chi connectivity index (χ3n) is 3.61. The first-order chi connectivity index (χ1) is 8.72. The van der Waals surface area contributed by atoms with Gasteiger partial charge in [0.25, 0.3) is 0 Å². The SMILES string of the molecule is CNC(Cc1cccc(Cl)c1Cl)C1CCCOC1. The molecule has 1 aromatic rings. The molecule has 0 bridgehead atoms. The molecule has 4 heteroatoms. The van der Waals surface area contributed by atoms with E-state index in [0.717, 1.165) is 31.6 Å². The maximum absolute atomic E-state index is 6.24. The summed E-state index contributed by atoms with van der Waals surface area (Å²) < 4.78 is 5.56. The third-order valence-corrected chi connectivity index (χ3v) is 4.46. The minimum atomic E-state index is 0.390. The Balaban J connectivity index is 2.07. The molecule has 2 unspecified atom stereocenters. The van der Waals surface area contributed by atoms with Gasteiger partial charge in [-0.15, -0.1) is 0 Å².